The van der Waals surface area contributed by atoms with Crippen molar-refractivity contribution in [1.82, 2.24) is 20.0 Å². The predicted octanol–water partition coefficient (Wildman–Crippen LogP) is 3.32. The van der Waals surface area contributed by atoms with Crippen molar-refractivity contribution in [3.05, 3.63) is 77.6 Å². The maximum absolute atomic E-state index is 12.9. The molecule has 3 aromatic rings. The normalized spacial score (nSPS) is 14.8. The number of nitrogens with one attached hydrogen (secondary N) is 2. The Morgan fingerprint density at radius 1 is 1.00 bits per heavy atom. The number of anilines is 1. The van der Waals surface area contributed by atoms with Gasteiger partial charge in [0.15, 0.2) is 0 Å². The molecule has 0 bridgehead atoms. The molecule has 166 valence electrons. The van der Waals surface area contributed by atoms with Gasteiger partial charge in [-0.2, -0.15) is 5.10 Å². The number of para-hydroxylation sites is 2. The van der Waals surface area contributed by atoms with Crippen molar-refractivity contribution in [2.75, 3.05) is 25.0 Å². The molecule has 1 aromatic heterocycles. The summed E-state index contributed by atoms with van der Waals surface area (Å²) in [6.07, 6.45) is 3.27. The Balaban J connectivity index is 1.29. The fourth-order valence-corrected chi connectivity index (χ4v) is 4.10. The summed E-state index contributed by atoms with van der Waals surface area (Å²) in [6.45, 7) is 5.85. The van der Waals surface area contributed by atoms with E-state index in [0.29, 0.717) is 12.1 Å². The number of carbonyl (C=O) groups is 2. The molecular formula is C25H29N5O2. The fourth-order valence-electron chi connectivity index (χ4n) is 4.10. The van der Waals surface area contributed by atoms with Crippen molar-refractivity contribution in [3.63, 3.8) is 0 Å². The number of likely N-dealkylation sites (tertiary alicyclic amines) is 1. The van der Waals surface area contributed by atoms with E-state index in [1.54, 1.807) is 6.20 Å². The average molecular weight is 432 g/mol. The first-order valence-electron chi connectivity index (χ1n) is 11.0. The van der Waals surface area contributed by atoms with Crippen molar-refractivity contribution in [2.45, 2.75) is 32.7 Å². The van der Waals surface area contributed by atoms with Crippen molar-refractivity contribution in [1.29, 1.82) is 0 Å². The molecule has 2 amide bonds. The molecule has 7 heteroatoms. The van der Waals surface area contributed by atoms with Gasteiger partial charge >= 0.3 is 0 Å². The zero-order valence-corrected chi connectivity index (χ0v) is 18.5. The number of hydrogen-bond donors (Lipinski definition) is 2. The molecule has 2 heterocycles. The first-order chi connectivity index (χ1) is 15.5. The van der Waals surface area contributed by atoms with Crippen molar-refractivity contribution in [3.8, 4) is 5.69 Å². The van der Waals surface area contributed by atoms with E-state index in [0.717, 1.165) is 48.6 Å². The van der Waals surface area contributed by atoms with Crippen LogP contribution >= 0.6 is 0 Å². The van der Waals surface area contributed by atoms with Crippen LogP contribution in [0, 0.1) is 13.8 Å². The van der Waals surface area contributed by atoms with Crippen LogP contribution in [0.3, 0.4) is 0 Å². The Morgan fingerprint density at radius 2 is 1.69 bits per heavy atom. The molecule has 1 aliphatic heterocycles. The molecule has 1 saturated heterocycles. The van der Waals surface area contributed by atoms with Crippen LogP contribution in [0.15, 0.2) is 60.8 Å². The quantitative estimate of drug-likeness (QED) is 0.628. The highest BCUT2D eigenvalue weighted by Crippen LogP contribution is 2.18. The van der Waals surface area contributed by atoms with E-state index in [-0.39, 0.29) is 17.9 Å². The van der Waals surface area contributed by atoms with Crippen LogP contribution in [0.1, 0.15) is 34.5 Å². The van der Waals surface area contributed by atoms with Crippen LogP contribution in [-0.4, -0.2) is 52.2 Å². The van der Waals surface area contributed by atoms with Crippen LogP contribution in [0.5, 0.6) is 0 Å². The molecule has 4 rings (SSSR count). The van der Waals surface area contributed by atoms with E-state index >= 15 is 0 Å². The minimum Gasteiger partial charge on any atom is -0.349 e. The maximum Gasteiger partial charge on any atom is 0.254 e. The summed E-state index contributed by atoms with van der Waals surface area (Å²) >= 11 is 0. The molecule has 0 unspecified atom stereocenters. The second-order valence-electron chi connectivity index (χ2n) is 8.28. The van der Waals surface area contributed by atoms with Gasteiger partial charge in [-0.15, -0.1) is 0 Å². The summed E-state index contributed by atoms with van der Waals surface area (Å²) in [4.78, 5) is 27.3. The minimum absolute atomic E-state index is 0.0158. The van der Waals surface area contributed by atoms with Gasteiger partial charge in [-0.3, -0.25) is 14.5 Å². The van der Waals surface area contributed by atoms with Crippen LogP contribution in [0.25, 0.3) is 5.69 Å². The van der Waals surface area contributed by atoms with Crippen LogP contribution < -0.4 is 10.6 Å². The number of nitrogens with zero attached hydrogens (tertiary/aromatic N) is 3. The number of aryl methyl sites for hydroxylation is 1. The average Bonchev–Trinajstić information content (AvgIpc) is 3.17. The summed E-state index contributed by atoms with van der Waals surface area (Å²) in [7, 11) is 0. The molecule has 0 atom stereocenters. The number of benzene rings is 2. The largest absolute Gasteiger partial charge is 0.349 e. The van der Waals surface area contributed by atoms with Gasteiger partial charge < -0.3 is 10.6 Å². The van der Waals surface area contributed by atoms with E-state index in [9.17, 15) is 9.59 Å². The Kier molecular flexibility index (Phi) is 6.66. The first-order valence-corrected chi connectivity index (χ1v) is 11.0. The topological polar surface area (TPSA) is 79.3 Å². The van der Waals surface area contributed by atoms with Gasteiger partial charge in [-0.1, -0.05) is 36.4 Å². The second kappa shape index (κ2) is 9.78. The Labute approximate surface area is 188 Å². The second-order valence-corrected chi connectivity index (χ2v) is 8.28. The van der Waals surface area contributed by atoms with E-state index < -0.39 is 0 Å². The molecular weight excluding hydrogens is 402 g/mol. The smallest absolute Gasteiger partial charge is 0.254 e. The maximum atomic E-state index is 12.9. The highest BCUT2D eigenvalue weighted by atomic mass is 16.2. The first kappa shape index (κ1) is 21.8. The molecule has 0 aliphatic carbocycles. The summed E-state index contributed by atoms with van der Waals surface area (Å²) < 4.78 is 1.82. The third-order valence-corrected chi connectivity index (χ3v) is 5.95. The molecule has 0 saturated carbocycles. The van der Waals surface area contributed by atoms with Gasteiger partial charge in [0.1, 0.15) is 0 Å². The Hall–Kier alpha value is -3.45. The number of amides is 2. The molecule has 2 aromatic carbocycles. The summed E-state index contributed by atoms with van der Waals surface area (Å²) in [6, 6.07) is 17.6. The molecule has 1 aliphatic rings. The van der Waals surface area contributed by atoms with E-state index in [2.05, 4.69) is 20.6 Å². The summed E-state index contributed by atoms with van der Waals surface area (Å²) in [5.74, 6) is -0.111. The standard InChI is InChI=1S/C25H29N5O2/c1-18-8-6-7-11-23(18)30-19(2)22(16-26-30)25(32)28-21-12-14-29(15-13-21)17-24(31)27-20-9-4-3-5-10-20/h3-11,16,21H,12-15,17H2,1-2H3,(H,27,31)(H,28,32). The molecule has 7 nitrogen and oxygen atoms in total. The third kappa shape index (κ3) is 5.06. The summed E-state index contributed by atoms with van der Waals surface area (Å²) in [5.41, 5.74) is 4.31. The molecule has 0 radical (unpaired) electrons. The molecule has 32 heavy (non-hydrogen) atoms. The zero-order chi connectivity index (χ0) is 22.5. The van der Waals surface area contributed by atoms with Gasteiger partial charge in [0.2, 0.25) is 5.91 Å². The van der Waals surface area contributed by atoms with Gasteiger partial charge in [-0.25, -0.2) is 4.68 Å². The van der Waals surface area contributed by atoms with Crippen LogP contribution in [-0.2, 0) is 4.79 Å². The lowest BCUT2D eigenvalue weighted by Crippen LogP contribution is -2.46. The van der Waals surface area contributed by atoms with Gasteiger partial charge in [0, 0.05) is 24.8 Å². The fraction of sp³-hybridized carbons (Fsp3) is 0.320. The number of hydrogen-bond acceptors (Lipinski definition) is 4. The van der Waals surface area contributed by atoms with Crippen LogP contribution in [0.4, 0.5) is 5.69 Å². The van der Waals surface area contributed by atoms with E-state index in [1.165, 1.54) is 0 Å². The van der Waals surface area contributed by atoms with E-state index in [1.807, 2.05) is 73.1 Å². The SMILES string of the molecule is Cc1ccccc1-n1ncc(C(=O)NC2CCN(CC(=O)Nc3ccccc3)CC2)c1C. The van der Waals surface area contributed by atoms with Gasteiger partial charge in [0.25, 0.3) is 5.91 Å². The highest BCUT2D eigenvalue weighted by Gasteiger charge is 2.24. The number of piperidine rings is 1. The monoisotopic (exact) mass is 431 g/mol. The Morgan fingerprint density at radius 3 is 2.41 bits per heavy atom. The highest BCUT2D eigenvalue weighted by molar-refractivity contribution is 5.95. The number of aromatic nitrogens is 2. The lowest BCUT2D eigenvalue weighted by molar-refractivity contribution is -0.117. The Bertz CT molecular complexity index is 1080. The predicted molar refractivity (Wildman–Crippen MR) is 125 cm³/mol. The van der Waals surface area contributed by atoms with Gasteiger partial charge in [0.05, 0.1) is 29.7 Å². The molecule has 1 fully saturated rings. The lowest BCUT2D eigenvalue weighted by atomic mass is 10.0. The molecule has 2 N–H and O–H groups in total. The lowest BCUT2D eigenvalue weighted by Gasteiger charge is -2.31. The number of carbonyl (C=O) groups excluding carboxylic acids is 2. The zero-order valence-electron chi connectivity index (χ0n) is 18.5. The van der Waals surface area contributed by atoms with E-state index in [4.69, 9.17) is 0 Å². The molecule has 0 spiro atoms. The minimum atomic E-state index is -0.0948. The van der Waals surface area contributed by atoms with Crippen LogP contribution in [0.2, 0.25) is 0 Å². The number of rotatable bonds is 6. The third-order valence-electron chi connectivity index (χ3n) is 5.95. The van der Waals surface area contributed by atoms with Crippen molar-refractivity contribution in [2.24, 2.45) is 0 Å². The van der Waals surface area contributed by atoms with Crippen molar-refractivity contribution >= 4 is 17.5 Å². The summed E-state index contributed by atoms with van der Waals surface area (Å²) in [5, 5.41) is 10.5. The van der Waals surface area contributed by atoms with Gasteiger partial charge in [-0.05, 0) is 50.5 Å². The van der Waals surface area contributed by atoms with Crippen molar-refractivity contribution < 1.29 is 9.59 Å².